The summed E-state index contributed by atoms with van der Waals surface area (Å²) in [4.78, 5) is 19.0. The van der Waals surface area contributed by atoms with E-state index in [2.05, 4.69) is 52.1 Å². The van der Waals surface area contributed by atoms with Crippen molar-refractivity contribution in [1.82, 2.24) is 9.88 Å². The number of nitrogens with zero attached hydrogens (tertiary/aromatic N) is 2. The summed E-state index contributed by atoms with van der Waals surface area (Å²) in [6.45, 7) is 4.06. The lowest BCUT2D eigenvalue weighted by molar-refractivity contribution is -0.131. The summed E-state index contributed by atoms with van der Waals surface area (Å²) in [7, 11) is 0. The number of hydrogen-bond donors (Lipinski definition) is 0. The molecular weight excluding hydrogens is 404 g/mol. The largest absolute Gasteiger partial charge is 0.342 e. The number of benzene rings is 1. The number of piperidine rings is 1. The average molecular weight is 425 g/mol. The summed E-state index contributed by atoms with van der Waals surface area (Å²) in [5.74, 6) is 1.87. The topological polar surface area (TPSA) is 33.2 Å². The first kappa shape index (κ1) is 18.0. The van der Waals surface area contributed by atoms with Crippen molar-refractivity contribution in [3.05, 3.63) is 45.4 Å². The zero-order valence-corrected chi connectivity index (χ0v) is 16.9. The van der Waals surface area contributed by atoms with Crippen LogP contribution in [0, 0.1) is 5.92 Å². The molecule has 0 saturated carbocycles. The third-order valence-electron chi connectivity index (χ3n) is 4.27. The number of aromatic nitrogens is 1. The van der Waals surface area contributed by atoms with Gasteiger partial charge in [-0.1, -0.05) is 46.7 Å². The van der Waals surface area contributed by atoms with Gasteiger partial charge in [0.15, 0.2) is 0 Å². The summed E-state index contributed by atoms with van der Waals surface area (Å²) < 4.78 is 2.13. The van der Waals surface area contributed by atoms with E-state index < -0.39 is 0 Å². The maximum atomic E-state index is 12.4. The second kappa shape index (κ2) is 8.50. The monoisotopic (exact) mass is 424 g/mol. The summed E-state index contributed by atoms with van der Waals surface area (Å²) in [6, 6.07) is 8.35. The summed E-state index contributed by atoms with van der Waals surface area (Å²) >= 11 is 6.81. The van der Waals surface area contributed by atoms with Crippen molar-refractivity contribution < 1.29 is 4.79 Å². The lowest BCUT2D eigenvalue weighted by atomic mass is 9.99. The van der Waals surface area contributed by atoms with Gasteiger partial charge in [0.05, 0.1) is 12.1 Å². The van der Waals surface area contributed by atoms with Gasteiger partial charge in [-0.25, -0.2) is 4.98 Å². The van der Waals surface area contributed by atoms with Crippen LogP contribution in [-0.4, -0.2) is 28.9 Å². The van der Waals surface area contributed by atoms with Crippen LogP contribution in [0.3, 0.4) is 0 Å². The molecule has 2 heterocycles. The number of halogens is 1. The fraction of sp³-hybridized carbons (Fsp3) is 0.444. The zero-order valence-electron chi connectivity index (χ0n) is 13.7. The van der Waals surface area contributed by atoms with Gasteiger partial charge in [-0.15, -0.1) is 11.3 Å². The van der Waals surface area contributed by atoms with E-state index in [1.54, 1.807) is 23.1 Å². The van der Waals surface area contributed by atoms with E-state index in [0.29, 0.717) is 6.42 Å². The summed E-state index contributed by atoms with van der Waals surface area (Å²) in [6.07, 6.45) is 2.68. The van der Waals surface area contributed by atoms with Crippen molar-refractivity contribution in [3.63, 3.8) is 0 Å². The Kier molecular flexibility index (Phi) is 6.36. The van der Waals surface area contributed by atoms with Crippen molar-refractivity contribution in [2.45, 2.75) is 36.3 Å². The van der Waals surface area contributed by atoms with Crippen LogP contribution in [-0.2, 0) is 17.0 Å². The standard InChI is InChI=1S/C18H21BrN2OS2/c1-13-6-8-21(9-7-13)17(22)10-16-12-24-18(20-16)23-11-14-2-4-15(19)5-3-14/h2-5,12-13H,6-11H2,1H3. The van der Waals surface area contributed by atoms with Gasteiger partial charge in [0.1, 0.15) is 4.34 Å². The number of rotatable bonds is 5. The Balaban J connectivity index is 1.50. The lowest BCUT2D eigenvalue weighted by Crippen LogP contribution is -2.38. The van der Waals surface area contributed by atoms with E-state index in [4.69, 9.17) is 0 Å². The molecule has 1 amide bonds. The van der Waals surface area contributed by atoms with Crippen molar-refractivity contribution in [2.75, 3.05) is 13.1 Å². The van der Waals surface area contributed by atoms with Gasteiger partial charge in [0.2, 0.25) is 5.91 Å². The Hall–Kier alpha value is -0.850. The van der Waals surface area contributed by atoms with Crippen molar-refractivity contribution >= 4 is 44.9 Å². The Morgan fingerprint density at radius 3 is 2.75 bits per heavy atom. The molecule has 3 rings (SSSR count). The maximum Gasteiger partial charge on any atom is 0.228 e. The minimum absolute atomic E-state index is 0.219. The van der Waals surface area contributed by atoms with E-state index in [9.17, 15) is 4.79 Å². The number of thiazole rings is 1. The van der Waals surface area contributed by atoms with E-state index in [1.165, 1.54) is 5.56 Å². The molecule has 0 spiro atoms. The zero-order chi connectivity index (χ0) is 16.9. The molecule has 1 fully saturated rings. The first-order valence-corrected chi connectivity index (χ1v) is 10.9. The molecule has 1 saturated heterocycles. The van der Waals surface area contributed by atoms with Gasteiger partial charge in [-0.05, 0) is 36.5 Å². The van der Waals surface area contributed by atoms with Gasteiger partial charge in [0.25, 0.3) is 0 Å². The van der Waals surface area contributed by atoms with E-state index in [0.717, 1.165) is 52.1 Å². The second-order valence-corrected chi connectivity index (χ2v) is 9.26. The van der Waals surface area contributed by atoms with Crippen molar-refractivity contribution in [2.24, 2.45) is 5.92 Å². The lowest BCUT2D eigenvalue weighted by Gasteiger charge is -2.30. The minimum Gasteiger partial charge on any atom is -0.342 e. The molecule has 2 aromatic rings. The van der Waals surface area contributed by atoms with Crippen LogP contribution in [0.4, 0.5) is 0 Å². The van der Waals surface area contributed by atoms with E-state index >= 15 is 0 Å². The molecule has 0 unspecified atom stereocenters. The van der Waals surface area contributed by atoms with Gasteiger partial charge in [0, 0.05) is 28.7 Å². The first-order chi connectivity index (χ1) is 11.6. The SMILES string of the molecule is CC1CCN(C(=O)Cc2csc(SCc3ccc(Br)cc3)n2)CC1. The molecule has 6 heteroatoms. The number of amides is 1. The molecular formula is C18H21BrN2OS2. The molecule has 0 atom stereocenters. The van der Waals surface area contributed by atoms with Crippen LogP contribution in [0.1, 0.15) is 31.0 Å². The molecule has 0 radical (unpaired) electrons. The molecule has 3 nitrogen and oxygen atoms in total. The Morgan fingerprint density at radius 2 is 2.04 bits per heavy atom. The van der Waals surface area contributed by atoms with Gasteiger partial charge in [-0.3, -0.25) is 4.79 Å². The molecule has 1 aliphatic heterocycles. The number of carbonyl (C=O) groups excluding carboxylic acids is 1. The van der Waals surface area contributed by atoms with Gasteiger partial charge in [-0.2, -0.15) is 0 Å². The van der Waals surface area contributed by atoms with Crippen molar-refractivity contribution in [1.29, 1.82) is 0 Å². The minimum atomic E-state index is 0.219. The highest BCUT2D eigenvalue weighted by Gasteiger charge is 2.21. The number of carbonyl (C=O) groups is 1. The van der Waals surface area contributed by atoms with E-state index in [1.807, 2.05) is 10.3 Å². The molecule has 128 valence electrons. The molecule has 1 aliphatic rings. The second-order valence-electron chi connectivity index (χ2n) is 6.26. The maximum absolute atomic E-state index is 12.4. The molecule has 1 aromatic carbocycles. The highest BCUT2D eigenvalue weighted by molar-refractivity contribution is 9.10. The predicted octanol–water partition coefficient (Wildman–Crippen LogP) is 5.00. The summed E-state index contributed by atoms with van der Waals surface area (Å²) in [5.41, 5.74) is 2.18. The van der Waals surface area contributed by atoms with Crippen LogP contribution in [0.15, 0.2) is 38.5 Å². The Labute approximate surface area is 160 Å². The Bertz CT molecular complexity index is 679. The van der Waals surface area contributed by atoms with Gasteiger partial charge >= 0.3 is 0 Å². The van der Waals surface area contributed by atoms with Crippen molar-refractivity contribution in [3.8, 4) is 0 Å². The van der Waals surface area contributed by atoms with Gasteiger partial charge < -0.3 is 4.90 Å². The predicted molar refractivity (Wildman–Crippen MR) is 104 cm³/mol. The normalized spacial score (nSPS) is 15.7. The number of hydrogen-bond acceptors (Lipinski definition) is 4. The van der Waals surface area contributed by atoms with E-state index in [-0.39, 0.29) is 5.91 Å². The van der Waals surface area contributed by atoms with Crippen LogP contribution >= 0.6 is 39.0 Å². The molecule has 24 heavy (non-hydrogen) atoms. The highest BCUT2D eigenvalue weighted by Crippen LogP contribution is 2.27. The smallest absolute Gasteiger partial charge is 0.228 e. The summed E-state index contributed by atoms with van der Waals surface area (Å²) in [5, 5.41) is 2.02. The molecule has 1 aromatic heterocycles. The molecule has 0 aliphatic carbocycles. The molecule has 0 bridgehead atoms. The third kappa shape index (κ3) is 5.07. The van der Waals surface area contributed by atoms with Crippen LogP contribution < -0.4 is 0 Å². The number of thioether (sulfide) groups is 1. The quantitative estimate of drug-likeness (QED) is 0.633. The average Bonchev–Trinajstić information content (AvgIpc) is 3.02. The van der Waals surface area contributed by atoms with Crippen LogP contribution in [0.25, 0.3) is 0 Å². The number of likely N-dealkylation sites (tertiary alicyclic amines) is 1. The fourth-order valence-electron chi connectivity index (χ4n) is 2.69. The first-order valence-electron chi connectivity index (χ1n) is 8.19. The van der Waals surface area contributed by atoms with Crippen LogP contribution in [0.2, 0.25) is 0 Å². The van der Waals surface area contributed by atoms with Crippen LogP contribution in [0.5, 0.6) is 0 Å². The molecule has 0 N–H and O–H groups in total. The highest BCUT2D eigenvalue weighted by atomic mass is 79.9. The Morgan fingerprint density at radius 1 is 1.33 bits per heavy atom. The third-order valence-corrected chi connectivity index (χ3v) is 6.94. The fourth-order valence-corrected chi connectivity index (χ4v) is 4.75.